The van der Waals surface area contributed by atoms with Crippen LogP contribution in [-0.4, -0.2) is 37.3 Å². The topological polar surface area (TPSA) is 116 Å². The molecule has 3 aromatic carbocycles. The molecule has 0 spiro atoms. The zero-order valence-corrected chi connectivity index (χ0v) is 20.7. The van der Waals surface area contributed by atoms with Crippen molar-refractivity contribution in [2.24, 2.45) is 0 Å². The second-order valence-corrected chi connectivity index (χ2v) is 8.15. The Morgan fingerprint density at radius 1 is 0.919 bits per heavy atom. The smallest absolute Gasteiger partial charge is 0.415 e. The molecule has 1 heterocycles. The van der Waals surface area contributed by atoms with Crippen LogP contribution in [0.5, 0.6) is 5.75 Å². The molecule has 37 heavy (non-hydrogen) atoms. The fraction of sp³-hybridized carbons (Fsp3) is 0.111. The van der Waals surface area contributed by atoms with E-state index < -0.39 is 18.1 Å². The zero-order valence-electron chi connectivity index (χ0n) is 19.9. The summed E-state index contributed by atoms with van der Waals surface area (Å²) >= 11 is 6.25. The van der Waals surface area contributed by atoms with Gasteiger partial charge in [0.2, 0.25) is 0 Å². The lowest BCUT2D eigenvalue weighted by molar-refractivity contribution is 0.0589. The van der Waals surface area contributed by atoms with Crippen LogP contribution in [0.3, 0.4) is 0 Å². The Kier molecular flexibility index (Phi) is 7.85. The molecule has 0 fully saturated rings. The summed E-state index contributed by atoms with van der Waals surface area (Å²) in [5.74, 6) is -0.595. The summed E-state index contributed by atoms with van der Waals surface area (Å²) < 4.78 is 15.6. The van der Waals surface area contributed by atoms with Crippen LogP contribution in [0.4, 0.5) is 15.4 Å². The summed E-state index contributed by atoms with van der Waals surface area (Å²) in [5, 5.41) is 6.00. The van der Waals surface area contributed by atoms with E-state index in [9.17, 15) is 14.4 Å². The molecule has 0 radical (unpaired) electrons. The number of benzene rings is 3. The molecule has 1 aromatic heterocycles. The number of imide groups is 1. The maximum Gasteiger partial charge on any atom is 0.415 e. The Bertz CT molecular complexity index is 1480. The van der Waals surface area contributed by atoms with Gasteiger partial charge in [0.1, 0.15) is 12.4 Å². The molecule has 0 atom stereocenters. The number of urea groups is 1. The lowest BCUT2D eigenvalue weighted by atomic mass is 9.97. The van der Waals surface area contributed by atoms with Crippen molar-refractivity contribution in [3.63, 3.8) is 0 Å². The lowest BCUT2D eigenvalue weighted by Crippen LogP contribution is -2.34. The maximum atomic E-state index is 12.8. The molecule has 0 aliphatic rings. The van der Waals surface area contributed by atoms with E-state index in [2.05, 4.69) is 15.0 Å². The molecule has 0 aliphatic carbocycles. The van der Waals surface area contributed by atoms with Crippen molar-refractivity contribution in [3.8, 4) is 16.9 Å². The minimum Gasteiger partial charge on any atom is -0.486 e. The number of nitrogens with zero attached hydrogens (tertiary/aromatic N) is 1. The van der Waals surface area contributed by atoms with Gasteiger partial charge in [-0.2, -0.15) is 0 Å². The normalized spacial score (nSPS) is 10.5. The highest BCUT2D eigenvalue weighted by atomic mass is 35.5. The first-order valence-electron chi connectivity index (χ1n) is 11.0. The van der Waals surface area contributed by atoms with Crippen LogP contribution >= 0.6 is 11.6 Å². The number of carbonyl (C=O) groups is 3. The van der Waals surface area contributed by atoms with E-state index in [-0.39, 0.29) is 23.9 Å². The molecule has 0 saturated carbocycles. The van der Waals surface area contributed by atoms with Gasteiger partial charge in [-0.05, 0) is 28.8 Å². The van der Waals surface area contributed by atoms with Crippen LogP contribution < -0.4 is 15.4 Å². The number of aromatic nitrogens is 1. The van der Waals surface area contributed by atoms with E-state index in [0.717, 1.165) is 18.2 Å². The number of hydrogen-bond acceptors (Lipinski definition) is 7. The molecule has 4 aromatic rings. The van der Waals surface area contributed by atoms with Gasteiger partial charge >= 0.3 is 18.1 Å². The van der Waals surface area contributed by atoms with Gasteiger partial charge < -0.3 is 14.2 Å². The van der Waals surface area contributed by atoms with E-state index in [1.54, 1.807) is 30.3 Å². The lowest BCUT2D eigenvalue weighted by Gasteiger charge is -2.18. The fourth-order valence-electron chi connectivity index (χ4n) is 3.72. The highest BCUT2D eigenvalue weighted by Gasteiger charge is 2.25. The van der Waals surface area contributed by atoms with Crippen molar-refractivity contribution < 1.29 is 28.6 Å². The minimum atomic E-state index is -0.965. The maximum absolute atomic E-state index is 12.8. The molecule has 4 rings (SSSR count). The monoisotopic (exact) mass is 519 g/mol. The van der Waals surface area contributed by atoms with Crippen molar-refractivity contribution in [1.29, 1.82) is 0 Å². The zero-order chi connectivity index (χ0) is 26.4. The summed E-state index contributed by atoms with van der Waals surface area (Å²) in [6.07, 6.45) is -0.965. The number of halogens is 1. The third kappa shape index (κ3) is 5.79. The fourth-order valence-corrected chi connectivity index (χ4v) is 3.91. The van der Waals surface area contributed by atoms with Crippen LogP contribution in [0, 0.1) is 0 Å². The van der Waals surface area contributed by atoms with Gasteiger partial charge in [0.05, 0.1) is 14.2 Å². The van der Waals surface area contributed by atoms with Crippen molar-refractivity contribution in [2.45, 2.75) is 6.61 Å². The summed E-state index contributed by atoms with van der Waals surface area (Å²) in [7, 11) is 2.34. The number of esters is 1. The Labute approximate surface area is 217 Å². The van der Waals surface area contributed by atoms with Crippen molar-refractivity contribution in [3.05, 3.63) is 89.1 Å². The summed E-state index contributed by atoms with van der Waals surface area (Å²) in [5.41, 5.74) is 2.11. The number of anilines is 1. The van der Waals surface area contributed by atoms with Gasteiger partial charge in [0.15, 0.2) is 11.4 Å². The van der Waals surface area contributed by atoms with Crippen LogP contribution in [0.2, 0.25) is 5.02 Å². The highest BCUT2D eigenvalue weighted by Crippen LogP contribution is 2.40. The molecule has 0 bridgehead atoms. The van der Waals surface area contributed by atoms with E-state index in [1.165, 1.54) is 7.11 Å². The number of alkyl carbamates (subject to hydrolysis) is 1. The highest BCUT2D eigenvalue weighted by molar-refractivity contribution is 6.31. The predicted octanol–water partition coefficient (Wildman–Crippen LogP) is 5.81. The van der Waals surface area contributed by atoms with Gasteiger partial charge in [0, 0.05) is 15.8 Å². The van der Waals surface area contributed by atoms with Crippen LogP contribution in [0.15, 0.2) is 72.8 Å². The van der Waals surface area contributed by atoms with Gasteiger partial charge in [-0.15, -0.1) is 0 Å². The Morgan fingerprint density at radius 2 is 1.68 bits per heavy atom. The van der Waals surface area contributed by atoms with Gasteiger partial charge in [-0.3, -0.25) is 5.32 Å². The molecule has 0 unspecified atom stereocenters. The SMILES string of the molecule is COC(=O)NC(=O)Nc1nc(C(=O)OC)c(OCc2ccccc2)c2cccc(-c3cccc(Cl)c3)c12. The molecule has 0 aliphatic heterocycles. The number of nitrogens with one attached hydrogen (secondary N) is 2. The Morgan fingerprint density at radius 3 is 2.38 bits per heavy atom. The van der Waals surface area contributed by atoms with E-state index >= 15 is 0 Å². The van der Waals surface area contributed by atoms with E-state index in [1.807, 2.05) is 47.8 Å². The Balaban J connectivity index is 1.94. The molecule has 188 valence electrons. The van der Waals surface area contributed by atoms with Crippen molar-refractivity contribution in [2.75, 3.05) is 19.5 Å². The predicted molar refractivity (Wildman–Crippen MR) is 139 cm³/mol. The number of rotatable bonds is 6. The van der Waals surface area contributed by atoms with Gasteiger partial charge in [-0.1, -0.05) is 72.3 Å². The molecular weight excluding hydrogens is 498 g/mol. The third-order valence-electron chi connectivity index (χ3n) is 5.36. The second-order valence-electron chi connectivity index (χ2n) is 7.71. The number of hydrogen-bond donors (Lipinski definition) is 2. The number of pyridine rings is 1. The molecule has 10 heteroatoms. The van der Waals surface area contributed by atoms with Crippen LogP contribution in [0.25, 0.3) is 21.9 Å². The molecule has 0 saturated heterocycles. The minimum absolute atomic E-state index is 0.000519. The average Bonchev–Trinajstić information content (AvgIpc) is 2.91. The van der Waals surface area contributed by atoms with Crippen molar-refractivity contribution in [1.82, 2.24) is 10.3 Å². The van der Waals surface area contributed by atoms with Gasteiger partial charge in [0.25, 0.3) is 0 Å². The largest absolute Gasteiger partial charge is 0.486 e. The van der Waals surface area contributed by atoms with Gasteiger partial charge in [-0.25, -0.2) is 24.7 Å². The first kappa shape index (κ1) is 25.5. The standard InChI is InChI=1S/C27H22ClN3O6/c1-35-25(32)22-23(37-15-16-8-4-3-5-9-16)20-13-7-12-19(17-10-6-11-18(28)14-17)21(20)24(29-22)30-26(33)31-27(34)36-2/h3-14H,15H2,1-2H3,(H2,29,30,31,33,34). The number of carbonyl (C=O) groups excluding carboxylic acids is 3. The number of ether oxygens (including phenoxy) is 3. The third-order valence-corrected chi connectivity index (χ3v) is 5.59. The number of methoxy groups -OCH3 is 2. The average molecular weight is 520 g/mol. The van der Waals surface area contributed by atoms with Crippen LogP contribution in [0.1, 0.15) is 16.1 Å². The molecule has 9 nitrogen and oxygen atoms in total. The Hall–Kier alpha value is -4.63. The first-order chi connectivity index (χ1) is 17.9. The quantitative estimate of drug-likeness (QED) is 0.309. The molecular formula is C27H22ClN3O6. The molecule has 3 amide bonds. The number of amides is 3. The second kappa shape index (κ2) is 11.4. The van der Waals surface area contributed by atoms with Crippen LogP contribution in [-0.2, 0) is 16.1 Å². The van der Waals surface area contributed by atoms with E-state index in [0.29, 0.717) is 21.4 Å². The summed E-state index contributed by atoms with van der Waals surface area (Å²) in [4.78, 5) is 41.3. The summed E-state index contributed by atoms with van der Waals surface area (Å²) in [6.45, 7) is 0.151. The number of fused-ring (bicyclic) bond motifs is 1. The van der Waals surface area contributed by atoms with E-state index in [4.69, 9.17) is 21.1 Å². The molecule has 2 N–H and O–H groups in total. The first-order valence-corrected chi connectivity index (χ1v) is 11.4. The summed E-state index contributed by atoms with van der Waals surface area (Å²) in [6, 6.07) is 21.0. The van der Waals surface area contributed by atoms with Crippen molar-refractivity contribution >= 4 is 46.3 Å².